The molecule has 2 N–H and O–H groups in total. The number of amides is 2. The minimum atomic E-state index is -0.418. The van der Waals surface area contributed by atoms with E-state index in [-0.39, 0.29) is 17.7 Å². The summed E-state index contributed by atoms with van der Waals surface area (Å²) in [5, 5.41) is 0. The molecule has 5 nitrogen and oxygen atoms in total. The molecule has 19 heavy (non-hydrogen) atoms. The van der Waals surface area contributed by atoms with E-state index in [9.17, 15) is 9.59 Å². The number of carbonyl (C=O) groups is 2. The summed E-state index contributed by atoms with van der Waals surface area (Å²) in [7, 11) is 0. The second kappa shape index (κ2) is 7.48. The number of hydrogen-bond donors (Lipinski definition) is 1. The van der Waals surface area contributed by atoms with E-state index < -0.39 is 6.04 Å². The van der Waals surface area contributed by atoms with E-state index in [1.165, 1.54) is 0 Å². The molecule has 0 bridgehead atoms. The molecular formula is C14H27N3O2. The Bertz CT molecular complexity index is 320. The molecule has 1 fully saturated rings. The molecule has 0 aromatic carbocycles. The Morgan fingerprint density at radius 1 is 1.11 bits per heavy atom. The highest BCUT2D eigenvalue weighted by Crippen LogP contribution is 2.11. The van der Waals surface area contributed by atoms with Crippen molar-refractivity contribution in [2.45, 2.75) is 46.1 Å². The van der Waals surface area contributed by atoms with Crippen LogP contribution in [-0.2, 0) is 9.59 Å². The van der Waals surface area contributed by atoms with Crippen LogP contribution in [0.25, 0.3) is 0 Å². The van der Waals surface area contributed by atoms with E-state index in [4.69, 9.17) is 5.73 Å². The lowest BCUT2D eigenvalue weighted by atomic mass is 9.99. The van der Waals surface area contributed by atoms with Gasteiger partial charge >= 0.3 is 0 Å². The summed E-state index contributed by atoms with van der Waals surface area (Å²) in [4.78, 5) is 27.6. The van der Waals surface area contributed by atoms with Gasteiger partial charge in [0.1, 0.15) is 0 Å². The third-order valence-corrected chi connectivity index (χ3v) is 4.00. The predicted molar refractivity (Wildman–Crippen MR) is 75.5 cm³/mol. The van der Waals surface area contributed by atoms with Gasteiger partial charge in [0.2, 0.25) is 11.8 Å². The molecule has 0 saturated carbocycles. The summed E-state index contributed by atoms with van der Waals surface area (Å²) in [6, 6.07) is -0.418. The van der Waals surface area contributed by atoms with Crippen molar-refractivity contribution in [3.63, 3.8) is 0 Å². The summed E-state index contributed by atoms with van der Waals surface area (Å²) in [5.74, 6) is 0.393. The highest BCUT2D eigenvalue weighted by molar-refractivity contribution is 5.82. The predicted octanol–water partition coefficient (Wildman–Crippen LogP) is 0.831. The fourth-order valence-electron chi connectivity index (χ4n) is 2.32. The lowest BCUT2D eigenvalue weighted by Crippen LogP contribution is -2.48. The Kier molecular flexibility index (Phi) is 6.28. The van der Waals surface area contributed by atoms with Crippen LogP contribution in [0.15, 0.2) is 0 Å². The Labute approximate surface area is 116 Å². The van der Waals surface area contributed by atoms with Crippen LogP contribution in [0.3, 0.4) is 0 Å². The first-order valence-corrected chi connectivity index (χ1v) is 7.33. The monoisotopic (exact) mass is 269 g/mol. The third-order valence-electron chi connectivity index (χ3n) is 4.00. The van der Waals surface area contributed by atoms with E-state index >= 15 is 0 Å². The molecule has 0 spiro atoms. The van der Waals surface area contributed by atoms with Crippen LogP contribution in [0.2, 0.25) is 0 Å². The van der Waals surface area contributed by atoms with Gasteiger partial charge in [-0.25, -0.2) is 0 Å². The normalized spacial score (nSPS) is 19.8. The maximum Gasteiger partial charge on any atom is 0.239 e. The van der Waals surface area contributed by atoms with Crippen LogP contribution >= 0.6 is 0 Å². The van der Waals surface area contributed by atoms with E-state index in [0.29, 0.717) is 26.1 Å². The van der Waals surface area contributed by atoms with Gasteiger partial charge in [0.25, 0.3) is 0 Å². The minimum absolute atomic E-state index is 0.0279. The average molecular weight is 269 g/mol. The lowest BCUT2D eigenvalue weighted by molar-refractivity contribution is -0.135. The Morgan fingerprint density at radius 2 is 1.68 bits per heavy atom. The maximum absolute atomic E-state index is 12.3. The number of nitrogens with two attached hydrogens (primary N) is 1. The van der Waals surface area contributed by atoms with Crippen LogP contribution < -0.4 is 5.73 Å². The van der Waals surface area contributed by atoms with Crippen LogP contribution in [0.1, 0.15) is 40.0 Å². The second-order valence-electron chi connectivity index (χ2n) is 5.32. The van der Waals surface area contributed by atoms with Crippen LogP contribution in [0, 0.1) is 5.92 Å². The topological polar surface area (TPSA) is 66.6 Å². The molecule has 1 rings (SSSR count). The number of nitrogens with zero attached hydrogens (tertiary/aromatic N) is 2. The number of rotatable bonds is 4. The van der Waals surface area contributed by atoms with Crippen molar-refractivity contribution in [3.8, 4) is 0 Å². The fraction of sp³-hybridized carbons (Fsp3) is 0.857. The van der Waals surface area contributed by atoms with E-state index in [1.807, 2.05) is 30.6 Å². The first-order valence-electron chi connectivity index (χ1n) is 7.33. The highest BCUT2D eigenvalue weighted by Gasteiger charge is 2.27. The zero-order valence-corrected chi connectivity index (χ0v) is 12.4. The van der Waals surface area contributed by atoms with Crippen molar-refractivity contribution >= 4 is 11.8 Å². The molecule has 1 aliphatic rings. The van der Waals surface area contributed by atoms with Crippen LogP contribution in [-0.4, -0.2) is 53.8 Å². The van der Waals surface area contributed by atoms with Gasteiger partial charge in [-0.2, -0.15) is 0 Å². The van der Waals surface area contributed by atoms with Gasteiger partial charge in [-0.05, 0) is 12.3 Å². The maximum atomic E-state index is 12.3. The molecule has 1 saturated heterocycles. The van der Waals surface area contributed by atoms with Crippen molar-refractivity contribution in [2.24, 2.45) is 11.7 Å². The zero-order chi connectivity index (χ0) is 14.4. The van der Waals surface area contributed by atoms with Crippen molar-refractivity contribution < 1.29 is 9.59 Å². The van der Waals surface area contributed by atoms with Crippen molar-refractivity contribution in [1.82, 2.24) is 9.80 Å². The highest BCUT2D eigenvalue weighted by atomic mass is 16.2. The van der Waals surface area contributed by atoms with E-state index in [0.717, 1.165) is 19.4 Å². The fourth-order valence-corrected chi connectivity index (χ4v) is 2.32. The molecule has 0 aromatic rings. The van der Waals surface area contributed by atoms with Crippen molar-refractivity contribution in [1.29, 1.82) is 0 Å². The molecular weight excluding hydrogens is 242 g/mol. The summed E-state index contributed by atoms with van der Waals surface area (Å²) < 4.78 is 0. The van der Waals surface area contributed by atoms with E-state index in [1.54, 1.807) is 0 Å². The van der Waals surface area contributed by atoms with Gasteiger partial charge in [0.15, 0.2) is 0 Å². The third kappa shape index (κ3) is 4.20. The molecule has 0 radical (unpaired) electrons. The Morgan fingerprint density at radius 3 is 2.26 bits per heavy atom. The summed E-state index contributed by atoms with van der Waals surface area (Å²) in [6.45, 7) is 8.61. The lowest BCUT2D eigenvalue weighted by Gasteiger charge is -2.27. The molecule has 110 valence electrons. The summed E-state index contributed by atoms with van der Waals surface area (Å²) in [5.41, 5.74) is 6.00. The smallest absolute Gasteiger partial charge is 0.239 e. The van der Waals surface area contributed by atoms with Gasteiger partial charge in [-0.15, -0.1) is 0 Å². The second-order valence-corrected chi connectivity index (χ2v) is 5.32. The summed E-state index contributed by atoms with van der Waals surface area (Å²) >= 11 is 0. The van der Waals surface area contributed by atoms with Crippen molar-refractivity contribution in [3.05, 3.63) is 0 Å². The number of hydrogen-bond acceptors (Lipinski definition) is 3. The zero-order valence-electron chi connectivity index (χ0n) is 12.4. The van der Waals surface area contributed by atoms with Crippen LogP contribution in [0.4, 0.5) is 0 Å². The average Bonchev–Trinajstić information content (AvgIpc) is 2.69. The molecule has 5 heteroatoms. The Balaban J connectivity index is 2.57. The van der Waals surface area contributed by atoms with Crippen molar-refractivity contribution in [2.75, 3.05) is 26.2 Å². The van der Waals surface area contributed by atoms with E-state index in [2.05, 4.69) is 0 Å². The first-order chi connectivity index (χ1) is 9.01. The molecule has 2 atom stereocenters. The van der Waals surface area contributed by atoms with Gasteiger partial charge in [-0.3, -0.25) is 9.59 Å². The SMILES string of the molecule is CCC(=O)N1CCCN(C(=O)[C@@H](N)C(C)CC)CC1. The van der Waals surface area contributed by atoms with Gasteiger partial charge in [0.05, 0.1) is 6.04 Å². The van der Waals surface area contributed by atoms with Gasteiger partial charge in [-0.1, -0.05) is 27.2 Å². The summed E-state index contributed by atoms with van der Waals surface area (Å²) in [6.07, 6.45) is 2.27. The molecule has 1 heterocycles. The molecule has 1 aliphatic heterocycles. The molecule has 0 aliphatic carbocycles. The van der Waals surface area contributed by atoms with Crippen LogP contribution in [0.5, 0.6) is 0 Å². The van der Waals surface area contributed by atoms with Gasteiger partial charge in [0, 0.05) is 32.6 Å². The quantitative estimate of drug-likeness (QED) is 0.822. The molecule has 0 aromatic heterocycles. The minimum Gasteiger partial charge on any atom is -0.341 e. The Hall–Kier alpha value is -1.10. The number of carbonyl (C=O) groups excluding carboxylic acids is 2. The van der Waals surface area contributed by atoms with Gasteiger partial charge < -0.3 is 15.5 Å². The molecule has 2 amide bonds. The molecule has 1 unspecified atom stereocenters. The standard InChI is InChI=1S/C14H27N3O2/c1-4-11(3)13(15)14(19)17-8-6-7-16(9-10-17)12(18)5-2/h11,13H,4-10,15H2,1-3H3/t11?,13-/m0/s1. The first kappa shape index (κ1) is 16.0. The largest absolute Gasteiger partial charge is 0.341 e.